The Morgan fingerprint density at radius 3 is 2.86 bits per heavy atom. The first-order chi connectivity index (χ1) is 9.67. The number of aromatic nitrogens is 4. The predicted octanol–water partition coefficient (Wildman–Crippen LogP) is 2.33. The maximum atomic E-state index is 5.75. The van der Waals surface area contributed by atoms with E-state index in [0.29, 0.717) is 22.1 Å². The van der Waals surface area contributed by atoms with Gasteiger partial charge in [0.15, 0.2) is 0 Å². The summed E-state index contributed by atoms with van der Waals surface area (Å²) in [5, 5.41) is 0.596. The van der Waals surface area contributed by atoms with Crippen LogP contribution in [0.5, 0.6) is 5.75 Å². The monoisotopic (exact) mass is 487 g/mol. The molecule has 2 aromatic heterocycles. The molecule has 0 aliphatic rings. The predicted molar refractivity (Wildman–Crippen MR) is 84.9 cm³/mol. The summed E-state index contributed by atoms with van der Waals surface area (Å²) in [5.74, 6) is 1.14. The molecule has 6 nitrogen and oxygen atoms in total. The van der Waals surface area contributed by atoms with E-state index in [2.05, 4.69) is 42.5 Å². The molecule has 0 unspecified atom stereocenters. The van der Waals surface area contributed by atoms with Crippen LogP contribution in [0, 0.1) is 3.57 Å². The first kappa shape index (κ1) is 16.9. The third-order valence-corrected chi connectivity index (χ3v) is 4.81. The fourth-order valence-electron chi connectivity index (χ4n) is 1.62. The molecule has 2 heterocycles. The molecule has 0 aliphatic heterocycles. The van der Waals surface area contributed by atoms with Gasteiger partial charge in [0.1, 0.15) is 11.6 Å². The number of nitrogen functional groups attached to an aromatic ring is 1. The number of benzene rings is 1. The Bertz CT molecular complexity index is 781. The maximum absolute atomic E-state index is 5.75. The number of methoxy groups -OCH3 is 1. The zero-order chi connectivity index (χ0) is 14.1. The fraction of sp³-hybridized carbons (Fsp3) is 0.0833. The van der Waals surface area contributed by atoms with Crippen LogP contribution in [0.25, 0.3) is 11.2 Å². The van der Waals surface area contributed by atoms with Gasteiger partial charge < -0.3 is 25.4 Å². The molecular formula is C12H9IN5OSY-. The molecule has 0 aliphatic carbocycles. The molecular weight excluding hydrogens is 478 g/mol. The number of hydrogen-bond donors (Lipinski definition) is 1. The van der Waals surface area contributed by atoms with E-state index >= 15 is 0 Å². The van der Waals surface area contributed by atoms with Crippen LogP contribution in [0.4, 0.5) is 5.82 Å². The summed E-state index contributed by atoms with van der Waals surface area (Å²) >= 11 is 3.71. The van der Waals surface area contributed by atoms with E-state index in [-0.39, 0.29) is 32.7 Å². The van der Waals surface area contributed by atoms with E-state index in [9.17, 15) is 0 Å². The summed E-state index contributed by atoms with van der Waals surface area (Å²) < 4.78 is 6.32. The van der Waals surface area contributed by atoms with Gasteiger partial charge in [0.05, 0.1) is 12.3 Å². The molecule has 9 heteroatoms. The van der Waals surface area contributed by atoms with E-state index in [4.69, 9.17) is 10.5 Å². The zero-order valence-electron chi connectivity index (χ0n) is 10.9. The van der Waals surface area contributed by atoms with E-state index in [1.165, 1.54) is 18.1 Å². The number of nitrogens with zero attached hydrogens (tertiary/aromatic N) is 4. The van der Waals surface area contributed by atoms with Crippen LogP contribution in [0.2, 0.25) is 0 Å². The van der Waals surface area contributed by atoms with Gasteiger partial charge in [0.25, 0.3) is 0 Å². The number of ether oxygens (including phenoxy) is 1. The van der Waals surface area contributed by atoms with E-state index in [1.807, 2.05) is 18.2 Å². The molecule has 1 aromatic carbocycles. The number of anilines is 1. The SMILES string of the molecule is COc1ccc(I)c(Sc2nc3c(N)ncnc3[n-]2)c1.[Y]. The Morgan fingerprint density at radius 1 is 1.33 bits per heavy atom. The van der Waals surface area contributed by atoms with Crippen molar-refractivity contribution in [3.63, 3.8) is 0 Å². The molecule has 0 spiro atoms. The van der Waals surface area contributed by atoms with Crippen LogP contribution in [-0.2, 0) is 32.7 Å². The van der Waals surface area contributed by atoms with Gasteiger partial charge in [-0.25, -0.2) is 4.98 Å². The molecule has 3 aromatic rings. The Hall–Kier alpha value is -0.446. The van der Waals surface area contributed by atoms with Crippen molar-refractivity contribution in [1.82, 2.24) is 19.9 Å². The average molecular weight is 487 g/mol. The molecule has 105 valence electrons. The smallest absolute Gasteiger partial charge is 0.134 e. The quantitative estimate of drug-likeness (QED) is 0.568. The molecule has 0 saturated carbocycles. The van der Waals surface area contributed by atoms with E-state index in [1.54, 1.807) is 7.11 Å². The van der Waals surface area contributed by atoms with Crippen molar-refractivity contribution < 1.29 is 37.4 Å². The standard InChI is InChI=1S/C12H9IN5OS.Y/c1-19-6-2-3-7(13)8(4-6)20-12-17-9-10(14)15-5-16-11(9)18-12;/h2-5H,1H3,(H2-,14,15,16,17,18);/q-1;. The number of hydrogen-bond acceptors (Lipinski definition) is 6. The van der Waals surface area contributed by atoms with Crippen LogP contribution < -0.4 is 15.5 Å². The average Bonchev–Trinajstić information content (AvgIpc) is 2.85. The molecule has 1 radical (unpaired) electrons. The third kappa shape index (κ3) is 3.66. The summed E-state index contributed by atoms with van der Waals surface area (Å²) in [6.07, 6.45) is 1.39. The Labute approximate surface area is 164 Å². The maximum Gasteiger partial charge on any atom is 0.134 e. The van der Waals surface area contributed by atoms with Crippen molar-refractivity contribution in [2.24, 2.45) is 0 Å². The second-order valence-electron chi connectivity index (χ2n) is 3.84. The van der Waals surface area contributed by atoms with Gasteiger partial charge in [0.2, 0.25) is 0 Å². The summed E-state index contributed by atoms with van der Waals surface area (Å²) in [7, 11) is 1.64. The molecule has 0 fully saturated rings. The molecule has 2 N–H and O–H groups in total. The molecule has 0 bridgehead atoms. The van der Waals surface area contributed by atoms with Crippen LogP contribution in [0.3, 0.4) is 0 Å². The first-order valence-electron chi connectivity index (χ1n) is 5.59. The van der Waals surface area contributed by atoms with Gasteiger partial charge in [-0.2, -0.15) is 0 Å². The number of nitrogens with two attached hydrogens (primary N) is 1. The molecule has 0 amide bonds. The molecule has 3 rings (SSSR count). The fourth-order valence-corrected chi connectivity index (χ4v) is 3.09. The van der Waals surface area contributed by atoms with Crippen LogP contribution in [-0.4, -0.2) is 22.1 Å². The normalized spacial score (nSPS) is 10.4. The van der Waals surface area contributed by atoms with Crippen LogP contribution >= 0.6 is 34.4 Å². The van der Waals surface area contributed by atoms with Gasteiger partial charge in [0, 0.05) is 58.7 Å². The minimum absolute atomic E-state index is 0. The Balaban J connectivity index is 0.00000161. The van der Waals surface area contributed by atoms with Gasteiger partial charge in [-0.05, 0) is 40.8 Å². The third-order valence-electron chi connectivity index (χ3n) is 2.58. The second kappa shape index (κ2) is 7.21. The Kier molecular flexibility index (Phi) is 5.81. The Morgan fingerprint density at radius 2 is 2.14 bits per heavy atom. The summed E-state index contributed by atoms with van der Waals surface area (Å²) in [6.45, 7) is 0. The van der Waals surface area contributed by atoms with Crippen LogP contribution in [0.1, 0.15) is 0 Å². The van der Waals surface area contributed by atoms with E-state index < -0.39 is 0 Å². The number of halogens is 1. The van der Waals surface area contributed by atoms with Gasteiger partial charge in [-0.15, -0.1) is 0 Å². The number of imidazole rings is 1. The molecule has 0 saturated heterocycles. The van der Waals surface area contributed by atoms with Crippen LogP contribution in [0.15, 0.2) is 34.6 Å². The van der Waals surface area contributed by atoms with Crippen molar-refractivity contribution in [2.45, 2.75) is 10.1 Å². The zero-order valence-corrected chi connectivity index (χ0v) is 16.8. The van der Waals surface area contributed by atoms with Gasteiger partial charge in [-0.1, -0.05) is 11.8 Å². The molecule has 21 heavy (non-hydrogen) atoms. The topological polar surface area (TPSA) is 88.0 Å². The number of rotatable bonds is 3. The summed E-state index contributed by atoms with van der Waals surface area (Å²) in [4.78, 5) is 17.7. The van der Waals surface area contributed by atoms with Crippen molar-refractivity contribution >= 4 is 51.3 Å². The largest absolute Gasteiger partial charge is 0.497 e. The summed E-state index contributed by atoms with van der Waals surface area (Å²) in [5.41, 5.74) is 6.80. The second-order valence-corrected chi connectivity index (χ2v) is 6.01. The van der Waals surface area contributed by atoms with Gasteiger partial charge in [-0.3, -0.25) is 0 Å². The molecule has 0 atom stereocenters. The minimum atomic E-state index is 0. The van der Waals surface area contributed by atoms with Crippen molar-refractivity contribution in [3.8, 4) is 5.75 Å². The van der Waals surface area contributed by atoms with Crippen molar-refractivity contribution in [2.75, 3.05) is 12.8 Å². The first-order valence-corrected chi connectivity index (χ1v) is 7.49. The van der Waals surface area contributed by atoms with Crippen molar-refractivity contribution in [3.05, 3.63) is 28.1 Å². The summed E-state index contributed by atoms with van der Waals surface area (Å²) in [6, 6.07) is 5.85. The van der Waals surface area contributed by atoms with Crippen molar-refractivity contribution in [1.29, 1.82) is 0 Å². The van der Waals surface area contributed by atoms with Gasteiger partial charge >= 0.3 is 0 Å². The van der Waals surface area contributed by atoms with E-state index in [0.717, 1.165) is 14.2 Å². The minimum Gasteiger partial charge on any atom is -0.497 e. The number of fused-ring (bicyclic) bond motifs is 1.